The molecule has 0 saturated heterocycles. The maximum Gasteiger partial charge on any atom is 0.306 e. The molecule has 17 heavy (non-hydrogen) atoms. The van der Waals surface area contributed by atoms with E-state index in [0.717, 1.165) is 19.3 Å². The van der Waals surface area contributed by atoms with Gasteiger partial charge in [0, 0.05) is 6.04 Å². The highest BCUT2D eigenvalue weighted by Crippen LogP contribution is 2.56. The maximum atomic E-state index is 11.7. The van der Waals surface area contributed by atoms with Crippen LogP contribution in [0.2, 0.25) is 0 Å². The number of hydrogen-bond donors (Lipinski definition) is 1. The van der Waals surface area contributed by atoms with E-state index in [-0.39, 0.29) is 22.8 Å². The van der Waals surface area contributed by atoms with E-state index in [1.807, 2.05) is 0 Å². The van der Waals surface area contributed by atoms with Crippen molar-refractivity contribution in [1.29, 1.82) is 0 Å². The minimum atomic E-state index is -0.126. The molecule has 3 atom stereocenters. The monoisotopic (exact) mass is 241 g/mol. The van der Waals surface area contributed by atoms with Gasteiger partial charge in [-0.2, -0.15) is 0 Å². The Morgan fingerprint density at radius 2 is 2.12 bits per heavy atom. The van der Waals surface area contributed by atoms with Gasteiger partial charge >= 0.3 is 5.97 Å². The molecule has 0 aromatic carbocycles. The number of esters is 1. The molecule has 3 heteroatoms. The van der Waals surface area contributed by atoms with E-state index in [0.29, 0.717) is 12.3 Å². The summed E-state index contributed by atoms with van der Waals surface area (Å²) in [7, 11) is 1.46. The summed E-state index contributed by atoms with van der Waals surface area (Å²) in [6.07, 6.45) is 3.53. The van der Waals surface area contributed by atoms with Crippen LogP contribution in [0.25, 0.3) is 0 Å². The van der Waals surface area contributed by atoms with Crippen LogP contribution in [0.3, 0.4) is 0 Å². The predicted octanol–water partition coefficient (Wildman–Crippen LogP) is 2.73. The minimum absolute atomic E-state index is 0.0780. The third kappa shape index (κ3) is 2.82. The molecule has 1 rings (SSSR count). The first-order chi connectivity index (χ1) is 7.77. The van der Waals surface area contributed by atoms with E-state index in [2.05, 4.69) is 27.7 Å². The largest absolute Gasteiger partial charge is 0.469 e. The second-order valence-corrected chi connectivity index (χ2v) is 6.45. The summed E-state index contributed by atoms with van der Waals surface area (Å²) < 4.78 is 4.85. The lowest BCUT2D eigenvalue weighted by atomic mass is 9.68. The zero-order valence-electron chi connectivity index (χ0n) is 11.9. The normalized spacial score (nSPS) is 33.4. The van der Waals surface area contributed by atoms with E-state index >= 15 is 0 Å². The quantitative estimate of drug-likeness (QED) is 0.770. The van der Waals surface area contributed by atoms with Crippen molar-refractivity contribution in [2.75, 3.05) is 7.11 Å². The van der Waals surface area contributed by atoms with Gasteiger partial charge in [0.15, 0.2) is 0 Å². The van der Waals surface area contributed by atoms with Crippen molar-refractivity contribution >= 4 is 5.97 Å². The van der Waals surface area contributed by atoms with Crippen LogP contribution in [0.5, 0.6) is 0 Å². The highest BCUT2D eigenvalue weighted by atomic mass is 16.5. The SMILES string of the molecule is CCC(N)C1(CC(=O)OC)CC(C)(C)CC1C. The molecule has 0 heterocycles. The van der Waals surface area contributed by atoms with Gasteiger partial charge in [-0.3, -0.25) is 4.79 Å². The summed E-state index contributed by atoms with van der Waals surface area (Å²) in [5.41, 5.74) is 6.52. The van der Waals surface area contributed by atoms with Crippen LogP contribution >= 0.6 is 0 Å². The van der Waals surface area contributed by atoms with Crippen LogP contribution in [0.1, 0.15) is 53.4 Å². The molecule has 100 valence electrons. The first-order valence-electron chi connectivity index (χ1n) is 6.60. The Labute approximate surface area is 105 Å². The van der Waals surface area contributed by atoms with E-state index in [9.17, 15) is 4.79 Å². The second-order valence-electron chi connectivity index (χ2n) is 6.45. The molecule has 1 fully saturated rings. The van der Waals surface area contributed by atoms with Crippen LogP contribution in [0.15, 0.2) is 0 Å². The summed E-state index contributed by atoms with van der Waals surface area (Å²) in [5.74, 6) is 0.352. The molecule has 0 amide bonds. The summed E-state index contributed by atoms with van der Waals surface area (Å²) in [5, 5.41) is 0. The van der Waals surface area contributed by atoms with Gasteiger partial charge in [-0.1, -0.05) is 27.7 Å². The summed E-state index contributed by atoms with van der Waals surface area (Å²) in [4.78, 5) is 11.7. The lowest BCUT2D eigenvalue weighted by Crippen LogP contribution is -2.45. The standard InChI is InChI=1S/C14H27NO2/c1-6-11(15)14(8-12(16)17-5)9-13(3,4)7-10(14)2/h10-11H,6-9,15H2,1-5H3. The fourth-order valence-electron chi connectivity index (χ4n) is 3.78. The fraction of sp³-hybridized carbons (Fsp3) is 0.929. The molecule has 3 nitrogen and oxygen atoms in total. The Hall–Kier alpha value is -0.570. The van der Waals surface area contributed by atoms with Gasteiger partial charge < -0.3 is 10.5 Å². The van der Waals surface area contributed by atoms with Gasteiger partial charge in [0.1, 0.15) is 0 Å². The second kappa shape index (κ2) is 4.97. The summed E-state index contributed by atoms with van der Waals surface area (Å²) >= 11 is 0. The molecule has 0 spiro atoms. The van der Waals surface area contributed by atoms with Crippen molar-refractivity contribution < 1.29 is 9.53 Å². The van der Waals surface area contributed by atoms with Crippen LogP contribution in [0, 0.1) is 16.7 Å². The first kappa shape index (κ1) is 14.5. The molecule has 1 aliphatic carbocycles. The van der Waals surface area contributed by atoms with Gasteiger partial charge in [-0.05, 0) is 36.0 Å². The Morgan fingerprint density at radius 1 is 1.53 bits per heavy atom. The number of carbonyl (C=O) groups is 1. The van der Waals surface area contributed by atoms with Gasteiger partial charge in [0.2, 0.25) is 0 Å². The van der Waals surface area contributed by atoms with Gasteiger partial charge in [0.05, 0.1) is 13.5 Å². The van der Waals surface area contributed by atoms with E-state index < -0.39 is 0 Å². The highest BCUT2D eigenvalue weighted by molar-refractivity contribution is 5.70. The predicted molar refractivity (Wildman–Crippen MR) is 69.5 cm³/mol. The topological polar surface area (TPSA) is 52.3 Å². The minimum Gasteiger partial charge on any atom is -0.469 e. The number of hydrogen-bond acceptors (Lipinski definition) is 3. The van der Waals surface area contributed by atoms with Crippen LogP contribution in [-0.2, 0) is 9.53 Å². The highest BCUT2D eigenvalue weighted by Gasteiger charge is 2.52. The molecule has 1 aliphatic rings. The molecule has 1 saturated carbocycles. The van der Waals surface area contributed by atoms with E-state index in [1.54, 1.807) is 0 Å². The zero-order valence-corrected chi connectivity index (χ0v) is 11.9. The van der Waals surface area contributed by atoms with Crippen molar-refractivity contribution in [3.63, 3.8) is 0 Å². The van der Waals surface area contributed by atoms with Crippen LogP contribution in [-0.4, -0.2) is 19.1 Å². The lowest BCUT2D eigenvalue weighted by molar-refractivity contribution is -0.144. The van der Waals surface area contributed by atoms with E-state index in [4.69, 9.17) is 10.5 Å². The molecular weight excluding hydrogens is 214 g/mol. The molecule has 0 radical (unpaired) electrons. The molecule has 0 bridgehead atoms. The van der Waals surface area contributed by atoms with Crippen molar-refractivity contribution in [3.8, 4) is 0 Å². The average molecular weight is 241 g/mol. The smallest absolute Gasteiger partial charge is 0.306 e. The Morgan fingerprint density at radius 3 is 2.47 bits per heavy atom. The van der Waals surface area contributed by atoms with Crippen molar-refractivity contribution in [1.82, 2.24) is 0 Å². The van der Waals surface area contributed by atoms with Gasteiger partial charge in [-0.15, -0.1) is 0 Å². The number of nitrogens with two attached hydrogens (primary N) is 1. The van der Waals surface area contributed by atoms with Crippen molar-refractivity contribution in [3.05, 3.63) is 0 Å². The number of ether oxygens (including phenoxy) is 1. The number of methoxy groups -OCH3 is 1. The Bertz CT molecular complexity index is 288. The van der Waals surface area contributed by atoms with Crippen molar-refractivity contribution in [2.24, 2.45) is 22.5 Å². The zero-order chi connectivity index (χ0) is 13.3. The third-order valence-corrected chi connectivity index (χ3v) is 4.53. The summed E-state index contributed by atoms with van der Waals surface area (Å²) in [6.45, 7) is 8.87. The van der Waals surface area contributed by atoms with Crippen LogP contribution < -0.4 is 5.73 Å². The number of carbonyl (C=O) groups excluding carboxylic acids is 1. The molecule has 3 unspecified atom stereocenters. The summed E-state index contributed by atoms with van der Waals surface area (Å²) in [6, 6.07) is 0.0818. The average Bonchev–Trinajstić information content (AvgIpc) is 2.48. The first-order valence-corrected chi connectivity index (χ1v) is 6.60. The lowest BCUT2D eigenvalue weighted by Gasteiger charge is -2.38. The molecular formula is C14H27NO2. The van der Waals surface area contributed by atoms with Crippen molar-refractivity contribution in [2.45, 2.75) is 59.4 Å². The Kier molecular flexibility index (Phi) is 4.23. The molecule has 0 aliphatic heterocycles. The third-order valence-electron chi connectivity index (χ3n) is 4.53. The number of rotatable bonds is 4. The fourth-order valence-corrected chi connectivity index (χ4v) is 3.78. The maximum absolute atomic E-state index is 11.7. The molecule has 2 N–H and O–H groups in total. The molecule has 0 aromatic heterocycles. The Balaban J connectivity index is 2.99. The van der Waals surface area contributed by atoms with Crippen LogP contribution in [0.4, 0.5) is 0 Å². The van der Waals surface area contributed by atoms with E-state index in [1.165, 1.54) is 7.11 Å². The van der Waals surface area contributed by atoms with Gasteiger partial charge in [-0.25, -0.2) is 0 Å². The van der Waals surface area contributed by atoms with Gasteiger partial charge in [0.25, 0.3) is 0 Å². The molecule has 0 aromatic rings.